The molecule has 0 aliphatic heterocycles. The molecule has 0 saturated carbocycles. The van der Waals surface area contributed by atoms with E-state index in [4.69, 9.17) is 9.47 Å². The number of hydrogen-bond donors (Lipinski definition) is 2. The van der Waals surface area contributed by atoms with Crippen LogP contribution in [0.25, 0.3) is 0 Å². The molecular formula is C14H22N2O3. The zero-order chi connectivity index (χ0) is 13.9. The predicted molar refractivity (Wildman–Crippen MR) is 76.5 cm³/mol. The van der Waals surface area contributed by atoms with Gasteiger partial charge in [-0.25, -0.2) is 0 Å². The Hall–Kier alpha value is -1.59. The van der Waals surface area contributed by atoms with E-state index in [1.807, 2.05) is 24.3 Å². The Balaban J connectivity index is 2.14. The van der Waals surface area contributed by atoms with Crippen molar-refractivity contribution < 1.29 is 14.3 Å². The van der Waals surface area contributed by atoms with E-state index in [1.165, 1.54) is 6.92 Å². The monoisotopic (exact) mass is 266 g/mol. The van der Waals surface area contributed by atoms with Crippen molar-refractivity contribution in [2.75, 3.05) is 44.1 Å². The minimum absolute atomic E-state index is 0.0647. The summed E-state index contributed by atoms with van der Waals surface area (Å²) < 4.78 is 10.4. The van der Waals surface area contributed by atoms with E-state index in [1.54, 1.807) is 7.11 Å². The molecule has 1 rings (SSSR count). The minimum atomic E-state index is -0.0647. The Bertz CT molecular complexity index is 365. The van der Waals surface area contributed by atoms with E-state index in [2.05, 4.69) is 10.6 Å². The van der Waals surface area contributed by atoms with Crippen molar-refractivity contribution in [2.24, 2.45) is 0 Å². The number of methoxy groups -OCH3 is 1. The third kappa shape index (κ3) is 7.43. The third-order valence-corrected chi connectivity index (χ3v) is 2.42. The number of carbonyl (C=O) groups excluding carboxylic acids is 1. The minimum Gasteiger partial charge on any atom is -0.385 e. The Labute approximate surface area is 114 Å². The van der Waals surface area contributed by atoms with Crippen LogP contribution in [0, 0.1) is 0 Å². The van der Waals surface area contributed by atoms with E-state index in [0.717, 1.165) is 37.6 Å². The molecule has 5 nitrogen and oxygen atoms in total. The van der Waals surface area contributed by atoms with Crippen LogP contribution in [-0.4, -0.2) is 39.4 Å². The van der Waals surface area contributed by atoms with Gasteiger partial charge in [-0.1, -0.05) is 0 Å². The van der Waals surface area contributed by atoms with Crippen LogP contribution in [0.5, 0.6) is 0 Å². The lowest BCUT2D eigenvalue weighted by Gasteiger charge is -2.08. The first-order valence-electron chi connectivity index (χ1n) is 6.40. The number of hydrogen-bond acceptors (Lipinski definition) is 4. The van der Waals surface area contributed by atoms with Crippen molar-refractivity contribution in [1.82, 2.24) is 0 Å². The second-order valence-electron chi connectivity index (χ2n) is 4.14. The van der Waals surface area contributed by atoms with Gasteiger partial charge < -0.3 is 20.1 Å². The van der Waals surface area contributed by atoms with Crippen molar-refractivity contribution in [1.29, 1.82) is 0 Å². The molecule has 2 N–H and O–H groups in total. The number of ether oxygens (including phenoxy) is 2. The highest BCUT2D eigenvalue weighted by molar-refractivity contribution is 5.88. The number of rotatable bonds is 9. The van der Waals surface area contributed by atoms with Gasteiger partial charge in [0, 0.05) is 45.2 Å². The maximum atomic E-state index is 10.9. The number of benzene rings is 1. The Morgan fingerprint density at radius 1 is 1.11 bits per heavy atom. The van der Waals surface area contributed by atoms with Crippen LogP contribution in [0.15, 0.2) is 24.3 Å². The summed E-state index contributed by atoms with van der Waals surface area (Å²) in [6.07, 6.45) is 0.919. The van der Waals surface area contributed by atoms with Crippen LogP contribution < -0.4 is 10.6 Å². The smallest absolute Gasteiger partial charge is 0.221 e. The molecule has 0 spiro atoms. The van der Waals surface area contributed by atoms with Gasteiger partial charge in [0.05, 0.1) is 6.61 Å². The Morgan fingerprint density at radius 3 is 2.42 bits per heavy atom. The number of carbonyl (C=O) groups is 1. The van der Waals surface area contributed by atoms with E-state index in [-0.39, 0.29) is 5.91 Å². The van der Waals surface area contributed by atoms with Crippen LogP contribution in [-0.2, 0) is 14.3 Å². The molecule has 1 aromatic rings. The largest absolute Gasteiger partial charge is 0.385 e. The van der Waals surface area contributed by atoms with Crippen molar-refractivity contribution in [3.8, 4) is 0 Å². The van der Waals surface area contributed by atoms with Gasteiger partial charge in [-0.05, 0) is 30.7 Å². The van der Waals surface area contributed by atoms with Crippen LogP contribution in [0.4, 0.5) is 11.4 Å². The average Bonchev–Trinajstić information content (AvgIpc) is 2.39. The first-order valence-corrected chi connectivity index (χ1v) is 6.40. The van der Waals surface area contributed by atoms with Crippen molar-refractivity contribution in [3.05, 3.63) is 24.3 Å². The normalized spacial score (nSPS) is 10.2. The van der Waals surface area contributed by atoms with Crippen LogP contribution in [0.2, 0.25) is 0 Å². The molecule has 0 bridgehead atoms. The van der Waals surface area contributed by atoms with E-state index < -0.39 is 0 Å². The highest BCUT2D eigenvalue weighted by Crippen LogP contribution is 2.12. The molecule has 19 heavy (non-hydrogen) atoms. The molecular weight excluding hydrogens is 244 g/mol. The Morgan fingerprint density at radius 2 is 1.79 bits per heavy atom. The maximum absolute atomic E-state index is 10.9. The molecule has 5 heteroatoms. The van der Waals surface area contributed by atoms with Crippen LogP contribution in [0.3, 0.4) is 0 Å². The lowest BCUT2D eigenvalue weighted by atomic mass is 10.3. The van der Waals surface area contributed by atoms with Crippen molar-refractivity contribution >= 4 is 17.3 Å². The molecule has 0 aromatic heterocycles. The molecule has 0 fully saturated rings. The molecule has 0 aliphatic carbocycles. The molecule has 0 radical (unpaired) electrons. The molecule has 0 atom stereocenters. The fourth-order valence-corrected chi connectivity index (χ4v) is 1.55. The van der Waals surface area contributed by atoms with E-state index in [9.17, 15) is 4.79 Å². The molecule has 0 heterocycles. The van der Waals surface area contributed by atoms with Gasteiger partial charge in [-0.15, -0.1) is 0 Å². The topological polar surface area (TPSA) is 59.6 Å². The highest BCUT2D eigenvalue weighted by atomic mass is 16.5. The van der Waals surface area contributed by atoms with E-state index >= 15 is 0 Å². The lowest BCUT2D eigenvalue weighted by molar-refractivity contribution is -0.114. The van der Waals surface area contributed by atoms with Gasteiger partial charge in [0.1, 0.15) is 0 Å². The second kappa shape index (κ2) is 9.35. The average molecular weight is 266 g/mol. The summed E-state index contributed by atoms with van der Waals surface area (Å²) in [5, 5.41) is 5.97. The maximum Gasteiger partial charge on any atom is 0.221 e. The SMILES string of the molecule is COCCCOCCNc1ccc(NC(C)=O)cc1. The summed E-state index contributed by atoms with van der Waals surface area (Å²) in [7, 11) is 1.69. The van der Waals surface area contributed by atoms with Crippen molar-refractivity contribution in [3.63, 3.8) is 0 Å². The van der Waals surface area contributed by atoms with E-state index in [0.29, 0.717) is 6.61 Å². The summed E-state index contributed by atoms with van der Waals surface area (Å²) in [6.45, 7) is 4.37. The summed E-state index contributed by atoms with van der Waals surface area (Å²) in [5.74, 6) is -0.0647. The molecule has 0 aliphatic rings. The lowest BCUT2D eigenvalue weighted by Crippen LogP contribution is -2.11. The van der Waals surface area contributed by atoms with Gasteiger partial charge in [-0.2, -0.15) is 0 Å². The Kier molecular flexibility index (Phi) is 7.62. The van der Waals surface area contributed by atoms with Crippen LogP contribution >= 0.6 is 0 Å². The fourth-order valence-electron chi connectivity index (χ4n) is 1.55. The van der Waals surface area contributed by atoms with Gasteiger partial charge >= 0.3 is 0 Å². The molecule has 0 unspecified atom stereocenters. The highest BCUT2D eigenvalue weighted by Gasteiger charge is 1.96. The summed E-state index contributed by atoms with van der Waals surface area (Å²) in [4.78, 5) is 10.9. The van der Waals surface area contributed by atoms with Crippen molar-refractivity contribution in [2.45, 2.75) is 13.3 Å². The predicted octanol–water partition coefficient (Wildman–Crippen LogP) is 2.11. The summed E-state index contributed by atoms with van der Waals surface area (Å²) in [6, 6.07) is 7.58. The zero-order valence-corrected chi connectivity index (χ0v) is 11.6. The van der Waals surface area contributed by atoms with Gasteiger partial charge in [0.25, 0.3) is 0 Å². The molecule has 1 aromatic carbocycles. The molecule has 1 amide bonds. The van der Waals surface area contributed by atoms with Crippen LogP contribution in [0.1, 0.15) is 13.3 Å². The van der Waals surface area contributed by atoms with Gasteiger partial charge in [0.15, 0.2) is 0 Å². The first kappa shape index (κ1) is 15.5. The molecule has 0 saturated heterocycles. The number of amides is 1. The number of nitrogens with one attached hydrogen (secondary N) is 2. The van der Waals surface area contributed by atoms with Gasteiger partial charge in [-0.3, -0.25) is 4.79 Å². The fraction of sp³-hybridized carbons (Fsp3) is 0.500. The summed E-state index contributed by atoms with van der Waals surface area (Å²) >= 11 is 0. The first-order chi connectivity index (χ1) is 9.22. The zero-order valence-electron chi connectivity index (χ0n) is 11.6. The van der Waals surface area contributed by atoms with Gasteiger partial charge in [0.2, 0.25) is 5.91 Å². The molecule has 106 valence electrons. The standard InChI is InChI=1S/C14H22N2O3/c1-12(17)16-14-6-4-13(5-7-14)15-8-11-19-10-3-9-18-2/h4-7,15H,3,8-11H2,1-2H3,(H,16,17). The third-order valence-electron chi connectivity index (χ3n) is 2.42. The quantitative estimate of drug-likeness (QED) is 0.672. The summed E-state index contributed by atoms with van der Waals surface area (Å²) in [5.41, 5.74) is 1.81. The second-order valence-corrected chi connectivity index (χ2v) is 4.14. The number of anilines is 2.